The number of piperidine rings is 1. The van der Waals surface area contributed by atoms with E-state index in [9.17, 15) is 13.2 Å². The summed E-state index contributed by atoms with van der Waals surface area (Å²) in [5.41, 5.74) is -0.816. The number of pyridine rings is 1. The van der Waals surface area contributed by atoms with Crippen LogP contribution in [-0.2, 0) is 6.18 Å². The number of anilines is 1. The van der Waals surface area contributed by atoms with Gasteiger partial charge in [-0.25, -0.2) is 4.98 Å². The van der Waals surface area contributed by atoms with Crippen LogP contribution >= 0.6 is 24.0 Å². The fourth-order valence-corrected chi connectivity index (χ4v) is 2.51. The Morgan fingerprint density at radius 2 is 2.15 bits per heavy atom. The van der Waals surface area contributed by atoms with Gasteiger partial charge in [-0.15, -0.1) is 12.4 Å². The van der Waals surface area contributed by atoms with Crippen LogP contribution in [0.4, 0.5) is 19.0 Å². The molecule has 0 saturated carbocycles. The average Bonchev–Trinajstić information content (AvgIpc) is 2.37. The molecule has 1 fully saturated rings. The topological polar surface area (TPSA) is 28.2 Å². The molecule has 8 heteroatoms. The average molecular weight is 330 g/mol. The molecule has 1 unspecified atom stereocenters. The van der Waals surface area contributed by atoms with Crippen molar-refractivity contribution in [3.8, 4) is 0 Å². The zero-order valence-corrected chi connectivity index (χ0v) is 12.4. The predicted octanol–water partition coefficient (Wildman–Crippen LogP) is 3.36. The van der Waals surface area contributed by atoms with Crippen LogP contribution in [0.25, 0.3) is 0 Å². The molecule has 0 bridgehead atoms. The Hall–Kier alpha value is -0.720. The van der Waals surface area contributed by atoms with Gasteiger partial charge in [-0.1, -0.05) is 11.6 Å². The van der Waals surface area contributed by atoms with Gasteiger partial charge in [-0.3, -0.25) is 0 Å². The smallest absolute Gasteiger partial charge is 0.354 e. The lowest BCUT2D eigenvalue weighted by atomic mass is 10.1. The third-order valence-electron chi connectivity index (χ3n) is 3.28. The molecule has 0 spiro atoms. The van der Waals surface area contributed by atoms with Crippen LogP contribution in [0.3, 0.4) is 0 Å². The molecule has 1 N–H and O–H groups in total. The molecule has 1 saturated heterocycles. The first-order valence-corrected chi connectivity index (χ1v) is 6.44. The number of aromatic nitrogens is 1. The van der Waals surface area contributed by atoms with Crippen molar-refractivity contribution in [2.45, 2.75) is 25.1 Å². The number of likely N-dealkylation sites (N-methyl/N-ethyl adjacent to an activating group) is 1. The number of rotatable bonds is 2. The summed E-state index contributed by atoms with van der Waals surface area (Å²) in [5, 5.41) is 3.21. The van der Waals surface area contributed by atoms with E-state index in [2.05, 4.69) is 10.3 Å². The van der Waals surface area contributed by atoms with Gasteiger partial charge >= 0.3 is 6.18 Å². The van der Waals surface area contributed by atoms with Crippen molar-refractivity contribution >= 4 is 29.8 Å². The minimum Gasteiger partial charge on any atom is -0.354 e. The molecule has 1 atom stereocenters. The summed E-state index contributed by atoms with van der Waals surface area (Å²) in [6.07, 6.45) is -1.56. The number of hydrogen-bond donors (Lipinski definition) is 1. The van der Waals surface area contributed by atoms with Crippen molar-refractivity contribution in [1.82, 2.24) is 10.3 Å². The molecule has 1 aromatic heterocycles. The minimum absolute atomic E-state index is 0. The van der Waals surface area contributed by atoms with E-state index in [0.29, 0.717) is 18.4 Å². The van der Waals surface area contributed by atoms with Gasteiger partial charge in [-0.05, 0) is 26.0 Å². The number of hydrogen-bond acceptors (Lipinski definition) is 3. The highest BCUT2D eigenvalue weighted by atomic mass is 35.5. The van der Waals surface area contributed by atoms with E-state index in [1.807, 2.05) is 11.9 Å². The van der Waals surface area contributed by atoms with Gasteiger partial charge in [0.05, 0.1) is 10.6 Å². The summed E-state index contributed by atoms with van der Waals surface area (Å²) in [5.74, 6) is 0.426. The fraction of sp³-hybridized carbons (Fsp3) is 0.583. The molecule has 0 aliphatic carbocycles. The van der Waals surface area contributed by atoms with Crippen LogP contribution in [-0.4, -0.2) is 31.2 Å². The maximum absolute atomic E-state index is 12.5. The predicted molar refractivity (Wildman–Crippen MR) is 75.8 cm³/mol. The molecule has 114 valence electrons. The van der Waals surface area contributed by atoms with Crippen molar-refractivity contribution in [3.05, 3.63) is 22.8 Å². The van der Waals surface area contributed by atoms with Gasteiger partial charge in [0, 0.05) is 25.3 Å². The molecule has 1 aliphatic heterocycles. The van der Waals surface area contributed by atoms with Gasteiger partial charge in [0.2, 0.25) is 0 Å². The maximum Gasteiger partial charge on any atom is 0.417 e. The third-order valence-corrected chi connectivity index (χ3v) is 3.56. The standard InChI is InChI=1S/C12H15ClF3N3.ClH/c1-17-9-3-2-4-19(7-9)11-10(13)5-8(6-18-11)12(14,15)16;/h5-6,9,17H,2-4,7H2,1H3;1H. The van der Waals surface area contributed by atoms with E-state index in [4.69, 9.17) is 11.6 Å². The van der Waals surface area contributed by atoms with Crippen LogP contribution in [0.2, 0.25) is 5.02 Å². The molecule has 0 amide bonds. The second-order valence-corrected chi connectivity index (χ2v) is 5.01. The molecule has 3 nitrogen and oxygen atoms in total. The first-order valence-electron chi connectivity index (χ1n) is 6.06. The normalized spacial score (nSPS) is 19.6. The van der Waals surface area contributed by atoms with E-state index < -0.39 is 11.7 Å². The second-order valence-electron chi connectivity index (χ2n) is 4.60. The van der Waals surface area contributed by atoms with Crippen molar-refractivity contribution in [2.24, 2.45) is 0 Å². The molecule has 2 rings (SSSR count). The van der Waals surface area contributed by atoms with Crippen LogP contribution < -0.4 is 10.2 Å². The summed E-state index contributed by atoms with van der Waals surface area (Å²) in [6.45, 7) is 1.46. The Morgan fingerprint density at radius 1 is 1.45 bits per heavy atom. The molecule has 0 radical (unpaired) electrons. The third kappa shape index (κ3) is 3.90. The van der Waals surface area contributed by atoms with Crippen molar-refractivity contribution in [1.29, 1.82) is 0 Å². The Labute approximate surface area is 126 Å². The van der Waals surface area contributed by atoms with Gasteiger partial charge in [0.1, 0.15) is 5.82 Å². The fourth-order valence-electron chi connectivity index (χ4n) is 2.22. The van der Waals surface area contributed by atoms with Crippen molar-refractivity contribution in [2.75, 3.05) is 25.0 Å². The van der Waals surface area contributed by atoms with E-state index in [0.717, 1.165) is 31.6 Å². The van der Waals surface area contributed by atoms with Crippen LogP contribution in [0.1, 0.15) is 18.4 Å². The lowest BCUT2D eigenvalue weighted by molar-refractivity contribution is -0.137. The van der Waals surface area contributed by atoms with E-state index in [1.54, 1.807) is 0 Å². The second kappa shape index (κ2) is 6.83. The Morgan fingerprint density at radius 3 is 2.70 bits per heavy atom. The molecule has 20 heavy (non-hydrogen) atoms. The van der Waals surface area contributed by atoms with Gasteiger partial charge in [0.15, 0.2) is 0 Å². The Kier molecular flexibility index (Phi) is 5.91. The number of nitrogens with zero attached hydrogens (tertiary/aromatic N) is 2. The quantitative estimate of drug-likeness (QED) is 0.901. The SMILES string of the molecule is CNC1CCCN(c2ncc(C(F)(F)F)cc2Cl)C1.Cl. The number of alkyl halides is 3. The van der Waals surface area contributed by atoms with Crippen molar-refractivity contribution in [3.63, 3.8) is 0 Å². The summed E-state index contributed by atoms with van der Waals surface area (Å²) >= 11 is 5.94. The monoisotopic (exact) mass is 329 g/mol. The summed E-state index contributed by atoms with van der Waals surface area (Å²) in [6, 6.07) is 1.25. The molecule has 1 aliphatic rings. The zero-order chi connectivity index (χ0) is 14.0. The molecule has 0 aromatic carbocycles. The van der Waals surface area contributed by atoms with Gasteiger partial charge < -0.3 is 10.2 Å². The van der Waals surface area contributed by atoms with Crippen LogP contribution in [0.5, 0.6) is 0 Å². The zero-order valence-electron chi connectivity index (χ0n) is 10.9. The van der Waals surface area contributed by atoms with Crippen LogP contribution in [0.15, 0.2) is 12.3 Å². The van der Waals surface area contributed by atoms with E-state index >= 15 is 0 Å². The van der Waals surface area contributed by atoms with Crippen molar-refractivity contribution < 1.29 is 13.2 Å². The van der Waals surface area contributed by atoms with E-state index in [-0.39, 0.29) is 17.4 Å². The largest absolute Gasteiger partial charge is 0.417 e. The molecule has 2 heterocycles. The minimum atomic E-state index is -4.41. The van der Waals surface area contributed by atoms with Gasteiger partial charge in [0.25, 0.3) is 0 Å². The summed E-state index contributed by atoms with van der Waals surface area (Å²) in [7, 11) is 1.87. The lowest BCUT2D eigenvalue weighted by Gasteiger charge is -2.33. The van der Waals surface area contributed by atoms with E-state index in [1.165, 1.54) is 0 Å². The highest BCUT2D eigenvalue weighted by Gasteiger charge is 2.32. The van der Waals surface area contributed by atoms with Crippen LogP contribution in [0, 0.1) is 0 Å². The summed E-state index contributed by atoms with van der Waals surface area (Å²) < 4.78 is 37.6. The summed E-state index contributed by atoms with van der Waals surface area (Å²) in [4.78, 5) is 5.81. The lowest BCUT2D eigenvalue weighted by Crippen LogP contribution is -2.44. The highest BCUT2D eigenvalue weighted by molar-refractivity contribution is 6.33. The van der Waals surface area contributed by atoms with Gasteiger partial charge in [-0.2, -0.15) is 13.2 Å². The number of nitrogens with one attached hydrogen (secondary N) is 1. The molecular formula is C12H16Cl2F3N3. The first kappa shape index (κ1) is 17.3. The molecular weight excluding hydrogens is 314 g/mol. The Balaban J connectivity index is 0.00000200. The maximum atomic E-state index is 12.5. The molecule has 1 aromatic rings. The Bertz CT molecular complexity index is 454. The highest BCUT2D eigenvalue weighted by Crippen LogP contribution is 2.34. The number of halogens is 5. The first-order chi connectivity index (χ1) is 8.91.